The van der Waals surface area contributed by atoms with Gasteiger partial charge in [0, 0.05) is 23.9 Å². The van der Waals surface area contributed by atoms with Gasteiger partial charge in [-0.05, 0) is 30.5 Å². The van der Waals surface area contributed by atoms with Crippen LogP contribution in [-0.4, -0.2) is 47.6 Å². The molecule has 2 rings (SSSR count). The summed E-state index contributed by atoms with van der Waals surface area (Å²) in [5, 5.41) is 9.46. The number of thioether (sulfide) groups is 1. The van der Waals surface area contributed by atoms with Gasteiger partial charge < -0.3 is 21.1 Å². The van der Waals surface area contributed by atoms with Crippen LogP contribution in [0.2, 0.25) is 0 Å². The van der Waals surface area contributed by atoms with Crippen molar-refractivity contribution >= 4 is 35.0 Å². The van der Waals surface area contributed by atoms with Crippen molar-refractivity contribution in [3.05, 3.63) is 36.7 Å². The molecule has 25 heavy (non-hydrogen) atoms. The number of nitrogens with one attached hydrogen (secondary N) is 2. The van der Waals surface area contributed by atoms with Crippen molar-refractivity contribution in [2.75, 3.05) is 30.6 Å². The summed E-state index contributed by atoms with van der Waals surface area (Å²) in [6.45, 7) is 0.155. The van der Waals surface area contributed by atoms with Crippen LogP contribution in [0.15, 0.2) is 41.6 Å². The summed E-state index contributed by atoms with van der Waals surface area (Å²) in [5.41, 5.74) is 6.82. The largest absolute Gasteiger partial charge is 0.383 e. The summed E-state index contributed by atoms with van der Waals surface area (Å²) in [6, 6.07) is 6.79. The van der Waals surface area contributed by atoms with E-state index < -0.39 is 6.04 Å². The SMILES string of the molecule is COCC(N)C(=O)Nc1cnn(CC(=O)Nc2ccc(SC)cc2)c1. The van der Waals surface area contributed by atoms with Crippen LogP contribution in [0.4, 0.5) is 11.4 Å². The first-order valence-electron chi connectivity index (χ1n) is 7.53. The first kappa shape index (κ1) is 19.0. The van der Waals surface area contributed by atoms with E-state index >= 15 is 0 Å². The van der Waals surface area contributed by atoms with Crippen LogP contribution < -0.4 is 16.4 Å². The molecule has 134 valence electrons. The van der Waals surface area contributed by atoms with Gasteiger partial charge in [0.15, 0.2) is 0 Å². The normalized spacial score (nSPS) is 11.8. The lowest BCUT2D eigenvalue weighted by Crippen LogP contribution is -2.39. The van der Waals surface area contributed by atoms with Crippen LogP contribution >= 0.6 is 11.8 Å². The molecular formula is C16H21N5O3S. The fraction of sp³-hybridized carbons (Fsp3) is 0.312. The molecule has 1 atom stereocenters. The van der Waals surface area contributed by atoms with Crippen LogP contribution in [0.1, 0.15) is 0 Å². The maximum Gasteiger partial charge on any atom is 0.246 e. The second-order valence-corrected chi connectivity index (χ2v) is 6.13. The van der Waals surface area contributed by atoms with Crippen molar-refractivity contribution < 1.29 is 14.3 Å². The zero-order valence-electron chi connectivity index (χ0n) is 14.1. The van der Waals surface area contributed by atoms with E-state index in [0.29, 0.717) is 11.4 Å². The molecule has 9 heteroatoms. The van der Waals surface area contributed by atoms with Gasteiger partial charge in [-0.1, -0.05) is 0 Å². The highest BCUT2D eigenvalue weighted by atomic mass is 32.2. The quantitative estimate of drug-likeness (QED) is 0.607. The Balaban J connectivity index is 1.87. The zero-order valence-corrected chi connectivity index (χ0v) is 14.9. The van der Waals surface area contributed by atoms with Gasteiger partial charge in [-0.25, -0.2) is 0 Å². The Bertz CT molecular complexity index is 717. The lowest BCUT2D eigenvalue weighted by atomic mass is 10.3. The maximum absolute atomic E-state index is 12.1. The first-order chi connectivity index (χ1) is 12.0. The summed E-state index contributed by atoms with van der Waals surface area (Å²) >= 11 is 1.63. The Hall–Kier alpha value is -2.36. The lowest BCUT2D eigenvalue weighted by Gasteiger charge is -2.09. The van der Waals surface area contributed by atoms with Crippen molar-refractivity contribution in [3.8, 4) is 0 Å². The van der Waals surface area contributed by atoms with Gasteiger partial charge in [0.1, 0.15) is 12.6 Å². The van der Waals surface area contributed by atoms with Gasteiger partial charge in [0.2, 0.25) is 11.8 Å². The third-order valence-electron chi connectivity index (χ3n) is 3.26. The second kappa shape index (κ2) is 9.21. The molecule has 0 saturated carbocycles. The van der Waals surface area contributed by atoms with Crippen molar-refractivity contribution in [1.29, 1.82) is 0 Å². The van der Waals surface area contributed by atoms with Gasteiger partial charge in [-0.2, -0.15) is 5.10 Å². The van der Waals surface area contributed by atoms with E-state index in [1.54, 1.807) is 18.0 Å². The molecule has 0 fully saturated rings. The Morgan fingerprint density at radius 2 is 2.00 bits per heavy atom. The minimum Gasteiger partial charge on any atom is -0.383 e. The molecule has 0 aliphatic carbocycles. The number of ether oxygens (including phenoxy) is 1. The third kappa shape index (κ3) is 5.89. The summed E-state index contributed by atoms with van der Waals surface area (Å²) in [5.74, 6) is -0.589. The molecular weight excluding hydrogens is 342 g/mol. The molecule has 0 aliphatic rings. The first-order valence-corrected chi connectivity index (χ1v) is 8.76. The highest BCUT2D eigenvalue weighted by Gasteiger charge is 2.14. The Kier molecular flexibility index (Phi) is 6.99. The fourth-order valence-electron chi connectivity index (χ4n) is 2.03. The minimum absolute atomic E-state index is 0.0320. The zero-order chi connectivity index (χ0) is 18.2. The topological polar surface area (TPSA) is 111 Å². The minimum atomic E-state index is -0.763. The van der Waals surface area contributed by atoms with Crippen molar-refractivity contribution in [3.63, 3.8) is 0 Å². The van der Waals surface area contributed by atoms with Crippen LogP contribution in [0.5, 0.6) is 0 Å². The number of carbonyl (C=O) groups is 2. The average Bonchev–Trinajstić information content (AvgIpc) is 3.02. The molecule has 1 aromatic heterocycles. The van der Waals surface area contributed by atoms with E-state index in [-0.39, 0.29) is 25.0 Å². The predicted octanol–water partition coefficient (Wildman–Crippen LogP) is 1.16. The van der Waals surface area contributed by atoms with E-state index in [1.165, 1.54) is 18.0 Å². The van der Waals surface area contributed by atoms with E-state index in [2.05, 4.69) is 15.7 Å². The predicted molar refractivity (Wildman–Crippen MR) is 97.6 cm³/mol. The molecule has 0 saturated heterocycles. The highest BCUT2D eigenvalue weighted by molar-refractivity contribution is 7.98. The van der Waals surface area contributed by atoms with E-state index in [0.717, 1.165) is 4.90 Å². The molecule has 1 heterocycles. The lowest BCUT2D eigenvalue weighted by molar-refractivity contribution is -0.118. The van der Waals surface area contributed by atoms with E-state index in [1.807, 2.05) is 30.5 Å². The second-order valence-electron chi connectivity index (χ2n) is 5.25. The molecule has 0 aliphatic heterocycles. The van der Waals surface area contributed by atoms with E-state index in [4.69, 9.17) is 10.5 Å². The van der Waals surface area contributed by atoms with Gasteiger partial charge in [0.25, 0.3) is 0 Å². The van der Waals surface area contributed by atoms with Crippen molar-refractivity contribution in [1.82, 2.24) is 9.78 Å². The average molecular weight is 363 g/mol. The molecule has 4 N–H and O–H groups in total. The molecule has 1 aromatic carbocycles. The Morgan fingerprint density at radius 1 is 1.28 bits per heavy atom. The van der Waals surface area contributed by atoms with Crippen molar-refractivity contribution in [2.45, 2.75) is 17.5 Å². The summed E-state index contributed by atoms with van der Waals surface area (Å²) in [7, 11) is 1.47. The Morgan fingerprint density at radius 3 is 2.64 bits per heavy atom. The number of hydrogen-bond donors (Lipinski definition) is 3. The van der Waals surface area contributed by atoms with Gasteiger partial charge in [-0.15, -0.1) is 11.8 Å². The standard InChI is InChI=1S/C16H21N5O3S/c1-24-10-14(17)16(23)20-12-7-18-21(8-12)9-15(22)19-11-3-5-13(25-2)6-4-11/h3-8,14H,9-10,17H2,1-2H3,(H,19,22)(H,20,23). The smallest absolute Gasteiger partial charge is 0.246 e. The van der Waals surface area contributed by atoms with Crippen LogP contribution in [0.3, 0.4) is 0 Å². The summed E-state index contributed by atoms with van der Waals surface area (Å²) in [6.07, 6.45) is 5.01. The summed E-state index contributed by atoms with van der Waals surface area (Å²) in [4.78, 5) is 25.0. The molecule has 0 spiro atoms. The molecule has 8 nitrogen and oxygen atoms in total. The molecule has 1 unspecified atom stereocenters. The molecule has 0 bridgehead atoms. The number of benzene rings is 1. The molecule has 2 aromatic rings. The maximum atomic E-state index is 12.1. The Labute approximate surface area is 150 Å². The number of methoxy groups -OCH3 is 1. The van der Waals surface area contributed by atoms with Gasteiger partial charge in [-0.3, -0.25) is 14.3 Å². The van der Waals surface area contributed by atoms with E-state index in [9.17, 15) is 9.59 Å². The number of nitrogens with zero attached hydrogens (tertiary/aromatic N) is 2. The number of hydrogen-bond acceptors (Lipinski definition) is 6. The third-order valence-corrected chi connectivity index (χ3v) is 4.01. The molecule has 2 amide bonds. The number of nitrogens with two attached hydrogens (primary N) is 1. The number of amides is 2. The number of anilines is 2. The monoisotopic (exact) mass is 363 g/mol. The van der Waals surface area contributed by atoms with Gasteiger partial charge >= 0.3 is 0 Å². The highest BCUT2D eigenvalue weighted by Crippen LogP contribution is 2.17. The fourth-order valence-corrected chi connectivity index (χ4v) is 2.44. The van der Waals surface area contributed by atoms with Crippen molar-refractivity contribution in [2.24, 2.45) is 5.73 Å². The number of carbonyl (C=O) groups excluding carboxylic acids is 2. The van der Waals surface area contributed by atoms with Crippen LogP contribution in [0, 0.1) is 0 Å². The van der Waals surface area contributed by atoms with Gasteiger partial charge in [0.05, 0.1) is 18.5 Å². The van der Waals surface area contributed by atoms with Crippen LogP contribution in [0.25, 0.3) is 0 Å². The van der Waals surface area contributed by atoms with Crippen LogP contribution in [-0.2, 0) is 20.9 Å². The number of rotatable bonds is 8. The number of aromatic nitrogens is 2. The molecule has 0 radical (unpaired) electrons. The summed E-state index contributed by atoms with van der Waals surface area (Å²) < 4.78 is 6.26.